The van der Waals surface area contributed by atoms with Gasteiger partial charge >= 0.3 is 6.03 Å². The molecule has 0 bridgehead atoms. The van der Waals surface area contributed by atoms with Gasteiger partial charge in [0.15, 0.2) is 0 Å². The van der Waals surface area contributed by atoms with Crippen LogP contribution in [-0.4, -0.2) is 29.5 Å². The molecular weight excluding hydrogens is 240 g/mol. The van der Waals surface area contributed by atoms with Crippen LogP contribution < -0.4 is 16.4 Å². The van der Waals surface area contributed by atoms with E-state index in [1.807, 2.05) is 17.6 Å². The summed E-state index contributed by atoms with van der Waals surface area (Å²) in [4.78, 5) is 26.1. The minimum Gasteiger partial charge on any atom is -0.351 e. The molecule has 1 atom stereocenters. The third-order valence-corrected chi connectivity index (χ3v) is 2.96. The van der Waals surface area contributed by atoms with Crippen LogP contribution in [0.3, 0.4) is 0 Å². The van der Waals surface area contributed by atoms with Crippen molar-refractivity contribution in [3.8, 4) is 0 Å². The molecule has 17 heavy (non-hydrogen) atoms. The molecule has 94 valence electrons. The van der Waals surface area contributed by atoms with Crippen molar-refractivity contribution in [2.45, 2.75) is 26.3 Å². The standard InChI is InChI=1S/C10H16N4O2S/c1-6(9(15)14-10(11)16)12-4-3-8-5-17-7(2)13-8/h5-6,12H,3-4H2,1-2H3,(H3,11,14,15,16). The van der Waals surface area contributed by atoms with Crippen LogP contribution in [0.2, 0.25) is 0 Å². The highest BCUT2D eigenvalue weighted by Gasteiger charge is 2.13. The number of aryl methyl sites for hydroxylation is 1. The van der Waals surface area contributed by atoms with Crippen LogP contribution in [0.25, 0.3) is 0 Å². The van der Waals surface area contributed by atoms with Gasteiger partial charge in [0.2, 0.25) is 5.91 Å². The van der Waals surface area contributed by atoms with E-state index in [1.54, 1.807) is 18.3 Å². The van der Waals surface area contributed by atoms with Gasteiger partial charge in [-0.25, -0.2) is 9.78 Å². The number of thiazole rings is 1. The minimum absolute atomic E-state index is 0.424. The molecule has 1 heterocycles. The van der Waals surface area contributed by atoms with Crippen LogP contribution in [-0.2, 0) is 11.2 Å². The predicted molar refractivity (Wildman–Crippen MR) is 65.7 cm³/mol. The number of primary amides is 1. The number of carbonyl (C=O) groups is 2. The third-order valence-electron chi connectivity index (χ3n) is 2.14. The molecular formula is C10H16N4O2S. The molecule has 3 amide bonds. The summed E-state index contributed by atoms with van der Waals surface area (Å²) in [5.74, 6) is -0.424. The van der Waals surface area contributed by atoms with Gasteiger partial charge in [0.1, 0.15) is 0 Å². The zero-order valence-corrected chi connectivity index (χ0v) is 10.6. The lowest BCUT2D eigenvalue weighted by Crippen LogP contribution is -2.46. The SMILES string of the molecule is Cc1nc(CCNC(C)C(=O)NC(N)=O)cs1. The number of nitrogens with one attached hydrogen (secondary N) is 2. The molecule has 0 saturated carbocycles. The highest BCUT2D eigenvalue weighted by Crippen LogP contribution is 2.07. The van der Waals surface area contributed by atoms with Crippen molar-refractivity contribution in [2.24, 2.45) is 5.73 Å². The van der Waals surface area contributed by atoms with Crippen LogP contribution in [0.5, 0.6) is 0 Å². The number of amides is 3. The first-order chi connectivity index (χ1) is 7.99. The lowest BCUT2D eigenvalue weighted by atomic mass is 10.3. The molecule has 0 radical (unpaired) electrons. The molecule has 0 spiro atoms. The van der Waals surface area contributed by atoms with E-state index >= 15 is 0 Å². The van der Waals surface area contributed by atoms with Crippen LogP contribution in [0, 0.1) is 6.92 Å². The van der Waals surface area contributed by atoms with Gasteiger partial charge in [-0.1, -0.05) is 0 Å². The predicted octanol–water partition coefficient (Wildman–Crippen LogP) is 0.167. The zero-order valence-electron chi connectivity index (χ0n) is 9.82. The number of aromatic nitrogens is 1. The molecule has 0 aliphatic rings. The molecule has 0 aliphatic heterocycles. The summed E-state index contributed by atoms with van der Waals surface area (Å²) in [5, 5.41) is 8.03. The van der Waals surface area contributed by atoms with Gasteiger partial charge < -0.3 is 11.1 Å². The van der Waals surface area contributed by atoms with Crippen LogP contribution in [0.1, 0.15) is 17.6 Å². The molecule has 7 heteroatoms. The third kappa shape index (κ3) is 4.92. The molecule has 6 nitrogen and oxygen atoms in total. The Balaban J connectivity index is 2.26. The summed E-state index contributed by atoms with van der Waals surface area (Å²) in [6.45, 7) is 4.24. The Morgan fingerprint density at radius 2 is 2.29 bits per heavy atom. The molecule has 4 N–H and O–H groups in total. The number of nitrogens with two attached hydrogens (primary N) is 1. The maximum Gasteiger partial charge on any atom is 0.318 e. The Labute approximate surface area is 104 Å². The van der Waals surface area contributed by atoms with Gasteiger partial charge in [-0.3, -0.25) is 10.1 Å². The van der Waals surface area contributed by atoms with Gasteiger partial charge in [-0.2, -0.15) is 0 Å². The Morgan fingerprint density at radius 3 is 2.82 bits per heavy atom. The van der Waals surface area contributed by atoms with E-state index in [1.165, 1.54) is 0 Å². The summed E-state index contributed by atoms with van der Waals surface area (Å²) in [6.07, 6.45) is 0.749. The van der Waals surface area contributed by atoms with E-state index in [4.69, 9.17) is 5.73 Å². The van der Waals surface area contributed by atoms with Gasteiger partial charge in [0.05, 0.1) is 16.7 Å². The Kier molecular flexibility index (Phi) is 5.05. The van der Waals surface area contributed by atoms with E-state index < -0.39 is 18.0 Å². The van der Waals surface area contributed by atoms with Crippen molar-refractivity contribution in [2.75, 3.05) is 6.54 Å². The summed E-state index contributed by atoms with van der Waals surface area (Å²) in [5.41, 5.74) is 5.85. The lowest BCUT2D eigenvalue weighted by molar-refractivity contribution is -0.121. The number of hydrogen-bond acceptors (Lipinski definition) is 5. The van der Waals surface area contributed by atoms with E-state index in [0.29, 0.717) is 6.54 Å². The first kappa shape index (κ1) is 13.6. The van der Waals surface area contributed by atoms with Crippen molar-refractivity contribution in [3.05, 3.63) is 16.1 Å². The van der Waals surface area contributed by atoms with E-state index in [9.17, 15) is 9.59 Å². The average molecular weight is 256 g/mol. The van der Waals surface area contributed by atoms with E-state index in [-0.39, 0.29) is 0 Å². The molecule has 1 aromatic rings. The molecule has 0 aliphatic carbocycles. The highest BCUT2D eigenvalue weighted by molar-refractivity contribution is 7.09. The molecule has 1 aromatic heterocycles. The number of rotatable bonds is 5. The monoisotopic (exact) mass is 256 g/mol. The summed E-state index contributed by atoms with van der Waals surface area (Å²) >= 11 is 1.60. The van der Waals surface area contributed by atoms with Crippen LogP contribution in [0.4, 0.5) is 4.79 Å². The number of imide groups is 1. The normalized spacial score (nSPS) is 12.1. The van der Waals surface area contributed by atoms with Crippen molar-refractivity contribution >= 4 is 23.3 Å². The molecule has 0 aromatic carbocycles. The first-order valence-corrected chi connectivity index (χ1v) is 6.11. The average Bonchev–Trinajstić information content (AvgIpc) is 2.63. The fraction of sp³-hybridized carbons (Fsp3) is 0.500. The first-order valence-electron chi connectivity index (χ1n) is 5.23. The topological polar surface area (TPSA) is 97.1 Å². The molecule has 1 rings (SSSR count). The van der Waals surface area contributed by atoms with Gasteiger partial charge in [0.25, 0.3) is 0 Å². The molecule has 1 unspecified atom stereocenters. The fourth-order valence-electron chi connectivity index (χ4n) is 1.26. The number of urea groups is 1. The minimum atomic E-state index is -0.834. The smallest absolute Gasteiger partial charge is 0.318 e. The van der Waals surface area contributed by atoms with Crippen molar-refractivity contribution in [1.82, 2.24) is 15.6 Å². The van der Waals surface area contributed by atoms with Gasteiger partial charge in [-0.15, -0.1) is 11.3 Å². The Morgan fingerprint density at radius 1 is 1.59 bits per heavy atom. The van der Waals surface area contributed by atoms with Crippen molar-refractivity contribution < 1.29 is 9.59 Å². The fourth-order valence-corrected chi connectivity index (χ4v) is 1.91. The number of hydrogen-bond donors (Lipinski definition) is 3. The second-order valence-corrected chi connectivity index (χ2v) is 4.70. The zero-order chi connectivity index (χ0) is 12.8. The van der Waals surface area contributed by atoms with Crippen LogP contribution in [0.15, 0.2) is 5.38 Å². The molecule has 0 fully saturated rings. The number of nitrogens with zero attached hydrogens (tertiary/aromatic N) is 1. The van der Waals surface area contributed by atoms with Gasteiger partial charge in [0, 0.05) is 18.3 Å². The molecule has 0 saturated heterocycles. The maximum atomic E-state index is 11.3. The van der Waals surface area contributed by atoms with Crippen molar-refractivity contribution in [1.29, 1.82) is 0 Å². The van der Waals surface area contributed by atoms with Gasteiger partial charge in [-0.05, 0) is 13.8 Å². The number of carbonyl (C=O) groups excluding carboxylic acids is 2. The summed E-state index contributed by atoms with van der Waals surface area (Å²) in [7, 11) is 0. The largest absolute Gasteiger partial charge is 0.351 e. The highest BCUT2D eigenvalue weighted by atomic mass is 32.1. The Hall–Kier alpha value is -1.47. The second kappa shape index (κ2) is 6.31. The quantitative estimate of drug-likeness (QED) is 0.699. The van der Waals surface area contributed by atoms with Crippen molar-refractivity contribution in [3.63, 3.8) is 0 Å². The second-order valence-electron chi connectivity index (χ2n) is 3.64. The van der Waals surface area contributed by atoms with E-state index in [0.717, 1.165) is 17.1 Å². The van der Waals surface area contributed by atoms with E-state index in [2.05, 4.69) is 10.3 Å². The lowest BCUT2D eigenvalue weighted by Gasteiger charge is -2.11. The maximum absolute atomic E-state index is 11.3. The van der Waals surface area contributed by atoms with Crippen LogP contribution >= 0.6 is 11.3 Å². The Bertz CT molecular complexity index is 405. The summed E-state index contributed by atoms with van der Waals surface area (Å²) in [6, 6.07) is -1.29. The summed E-state index contributed by atoms with van der Waals surface area (Å²) < 4.78 is 0.